The fourth-order valence-corrected chi connectivity index (χ4v) is 2.11. The highest BCUT2D eigenvalue weighted by Crippen LogP contribution is 2.33. The van der Waals surface area contributed by atoms with Crippen LogP contribution in [0.15, 0.2) is 21.2 Å². The lowest BCUT2D eigenvalue weighted by atomic mass is 10.2. The average molecular weight is 244 g/mol. The summed E-state index contributed by atoms with van der Waals surface area (Å²) in [4.78, 5) is 0. The lowest BCUT2D eigenvalue weighted by Crippen LogP contribution is -2.21. The maximum atomic E-state index is 5.38. The van der Waals surface area contributed by atoms with Crippen molar-refractivity contribution in [2.45, 2.75) is 32.4 Å². The molecule has 1 N–H and O–H groups in total. The minimum Gasteiger partial charge on any atom is -0.466 e. The number of nitrogens with one attached hydrogen (secondary N) is 1. The van der Waals surface area contributed by atoms with Gasteiger partial charge in [-0.2, -0.15) is 0 Å². The first-order valence-electron chi connectivity index (χ1n) is 4.67. The molecule has 72 valence electrons. The Bertz CT molecular complexity index is 297. The van der Waals surface area contributed by atoms with Gasteiger partial charge in [0.05, 0.1) is 16.8 Å². The maximum absolute atomic E-state index is 5.38. The van der Waals surface area contributed by atoms with Gasteiger partial charge in [-0.1, -0.05) is 6.92 Å². The van der Waals surface area contributed by atoms with Crippen molar-refractivity contribution in [2.24, 2.45) is 5.92 Å². The molecule has 0 bridgehead atoms. The van der Waals surface area contributed by atoms with Crippen molar-refractivity contribution in [2.75, 3.05) is 0 Å². The van der Waals surface area contributed by atoms with E-state index in [1.54, 1.807) is 6.26 Å². The molecule has 1 aliphatic carbocycles. The Kier molecular flexibility index (Phi) is 2.47. The van der Waals surface area contributed by atoms with Crippen LogP contribution in [0.2, 0.25) is 0 Å². The molecule has 1 fully saturated rings. The molecule has 1 aromatic rings. The van der Waals surface area contributed by atoms with Crippen LogP contribution in [0.5, 0.6) is 0 Å². The molecule has 1 saturated carbocycles. The molecule has 0 spiro atoms. The fraction of sp³-hybridized carbons (Fsp3) is 0.600. The summed E-state index contributed by atoms with van der Waals surface area (Å²) in [7, 11) is 0. The van der Waals surface area contributed by atoms with Crippen LogP contribution in [-0.2, 0) is 0 Å². The highest BCUT2D eigenvalue weighted by atomic mass is 79.9. The van der Waals surface area contributed by atoms with Crippen molar-refractivity contribution < 1.29 is 4.42 Å². The van der Waals surface area contributed by atoms with Gasteiger partial charge in [-0.05, 0) is 41.3 Å². The average Bonchev–Trinajstić information content (AvgIpc) is 2.62. The van der Waals surface area contributed by atoms with Gasteiger partial charge in [-0.15, -0.1) is 0 Å². The molecule has 0 aromatic carbocycles. The molecule has 13 heavy (non-hydrogen) atoms. The standard InChI is InChI=1S/C10H14BrNO/c1-6-5-9(6)12-7(2)10-8(11)3-4-13-10/h3-4,6-7,9,12H,5H2,1-2H3/t6-,7?,9-/m1/s1. The molecule has 3 atom stereocenters. The number of hydrogen-bond donors (Lipinski definition) is 1. The van der Waals surface area contributed by atoms with Gasteiger partial charge in [-0.3, -0.25) is 0 Å². The van der Waals surface area contributed by atoms with Gasteiger partial charge in [-0.25, -0.2) is 0 Å². The van der Waals surface area contributed by atoms with E-state index < -0.39 is 0 Å². The Hall–Kier alpha value is -0.280. The number of furan rings is 1. The van der Waals surface area contributed by atoms with Gasteiger partial charge >= 0.3 is 0 Å². The van der Waals surface area contributed by atoms with Crippen LogP contribution in [0.1, 0.15) is 32.1 Å². The molecular formula is C10H14BrNO. The van der Waals surface area contributed by atoms with Crippen molar-refractivity contribution in [3.63, 3.8) is 0 Å². The summed E-state index contributed by atoms with van der Waals surface area (Å²) in [5.41, 5.74) is 0. The summed E-state index contributed by atoms with van der Waals surface area (Å²) in [6, 6.07) is 2.93. The third-order valence-electron chi connectivity index (χ3n) is 2.61. The number of rotatable bonds is 3. The van der Waals surface area contributed by atoms with Crippen LogP contribution < -0.4 is 5.32 Å². The second-order valence-electron chi connectivity index (χ2n) is 3.84. The summed E-state index contributed by atoms with van der Waals surface area (Å²) in [5.74, 6) is 1.83. The second kappa shape index (κ2) is 3.46. The Balaban J connectivity index is 1.97. The van der Waals surface area contributed by atoms with Crippen LogP contribution in [0, 0.1) is 5.92 Å². The van der Waals surface area contributed by atoms with Gasteiger partial charge in [0.25, 0.3) is 0 Å². The van der Waals surface area contributed by atoms with Crippen LogP contribution in [-0.4, -0.2) is 6.04 Å². The van der Waals surface area contributed by atoms with E-state index in [2.05, 4.69) is 35.1 Å². The van der Waals surface area contributed by atoms with Crippen molar-refractivity contribution in [1.82, 2.24) is 5.32 Å². The summed E-state index contributed by atoms with van der Waals surface area (Å²) >= 11 is 3.46. The minimum atomic E-state index is 0.305. The molecular weight excluding hydrogens is 230 g/mol. The first-order valence-corrected chi connectivity index (χ1v) is 5.46. The zero-order valence-corrected chi connectivity index (χ0v) is 9.47. The van der Waals surface area contributed by atoms with E-state index in [9.17, 15) is 0 Å². The summed E-state index contributed by atoms with van der Waals surface area (Å²) in [5, 5.41) is 3.52. The lowest BCUT2D eigenvalue weighted by molar-refractivity contribution is 0.422. The van der Waals surface area contributed by atoms with Gasteiger partial charge in [0, 0.05) is 6.04 Å². The molecule has 0 saturated heterocycles. The minimum absolute atomic E-state index is 0.305. The summed E-state index contributed by atoms with van der Waals surface area (Å²) in [6.45, 7) is 4.40. The van der Waals surface area contributed by atoms with E-state index >= 15 is 0 Å². The summed E-state index contributed by atoms with van der Waals surface area (Å²) < 4.78 is 6.44. The van der Waals surface area contributed by atoms with E-state index in [0.29, 0.717) is 12.1 Å². The van der Waals surface area contributed by atoms with Crippen molar-refractivity contribution >= 4 is 15.9 Å². The first-order chi connectivity index (χ1) is 6.18. The molecule has 1 aromatic heterocycles. The van der Waals surface area contributed by atoms with Crippen molar-refractivity contribution in [1.29, 1.82) is 0 Å². The highest BCUT2D eigenvalue weighted by molar-refractivity contribution is 9.10. The van der Waals surface area contributed by atoms with Crippen LogP contribution in [0.4, 0.5) is 0 Å². The van der Waals surface area contributed by atoms with E-state index in [0.717, 1.165) is 16.2 Å². The summed E-state index contributed by atoms with van der Waals surface area (Å²) in [6.07, 6.45) is 3.01. The quantitative estimate of drug-likeness (QED) is 0.883. The Morgan fingerprint density at radius 1 is 1.69 bits per heavy atom. The number of halogens is 1. The predicted molar refractivity (Wildman–Crippen MR) is 55.5 cm³/mol. The third-order valence-corrected chi connectivity index (χ3v) is 3.27. The topological polar surface area (TPSA) is 25.2 Å². The van der Waals surface area contributed by atoms with E-state index in [1.165, 1.54) is 6.42 Å². The first kappa shape index (κ1) is 9.28. The van der Waals surface area contributed by atoms with Crippen LogP contribution in [0.3, 0.4) is 0 Å². The van der Waals surface area contributed by atoms with E-state index in [1.807, 2.05) is 6.07 Å². The predicted octanol–water partition coefficient (Wildman–Crippen LogP) is 3.10. The zero-order chi connectivity index (χ0) is 9.42. The van der Waals surface area contributed by atoms with Crippen LogP contribution >= 0.6 is 15.9 Å². The van der Waals surface area contributed by atoms with Crippen LogP contribution in [0.25, 0.3) is 0 Å². The van der Waals surface area contributed by atoms with Gasteiger partial charge in [0.2, 0.25) is 0 Å². The second-order valence-corrected chi connectivity index (χ2v) is 4.69. The largest absolute Gasteiger partial charge is 0.466 e. The monoisotopic (exact) mass is 243 g/mol. The molecule has 1 aliphatic rings. The van der Waals surface area contributed by atoms with Gasteiger partial charge in [0.15, 0.2) is 0 Å². The van der Waals surface area contributed by atoms with Gasteiger partial charge < -0.3 is 9.73 Å². The molecule has 0 amide bonds. The molecule has 2 rings (SSSR count). The molecule has 0 radical (unpaired) electrons. The Labute approximate surface area is 86.8 Å². The Morgan fingerprint density at radius 2 is 2.38 bits per heavy atom. The molecule has 1 unspecified atom stereocenters. The lowest BCUT2D eigenvalue weighted by Gasteiger charge is -2.10. The fourth-order valence-electron chi connectivity index (χ4n) is 1.57. The normalized spacial score (nSPS) is 28.8. The molecule has 1 heterocycles. The van der Waals surface area contributed by atoms with Crippen molar-refractivity contribution in [3.05, 3.63) is 22.6 Å². The van der Waals surface area contributed by atoms with Crippen molar-refractivity contribution in [3.8, 4) is 0 Å². The molecule has 2 nitrogen and oxygen atoms in total. The third kappa shape index (κ3) is 1.97. The number of hydrogen-bond acceptors (Lipinski definition) is 2. The maximum Gasteiger partial charge on any atom is 0.134 e. The highest BCUT2D eigenvalue weighted by Gasteiger charge is 2.34. The molecule has 3 heteroatoms. The van der Waals surface area contributed by atoms with Gasteiger partial charge in [0.1, 0.15) is 5.76 Å². The molecule has 0 aliphatic heterocycles. The zero-order valence-electron chi connectivity index (χ0n) is 7.88. The SMILES string of the molecule is CC(N[C@@H]1C[C@H]1C)c1occc1Br. The Morgan fingerprint density at radius 3 is 2.85 bits per heavy atom. The smallest absolute Gasteiger partial charge is 0.134 e. The van der Waals surface area contributed by atoms with E-state index in [-0.39, 0.29) is 0 Å². The van der Waals surface area contributed by atoms with E-state index in [4.69, 9.17) is 4.42 Å².